The van der Waals surface area contributed by atoms with E-state index in [0.29, 0.717) is 0 Å². The summed E-state index contributed by atoms with van der Waals surface area (Å²) in [5, 5.41) is 7.50. The molecule has 4 rings (SSSR count). The lowest BCUT2D eigenvalue weighted by Gasteiger charge is -2.17. The van der Waals surface area contributed by atoms with Crippen LogP contribution in [0.1, 0.15) is 24.0 Å². The molecule has 2 aromatic carbocycles. The quantitative estimate of drug-likeness (QED) is 0.780. The van der Waals surface area contributed by atoms with E-state index in [1.165, 1.54) is 29.7 Å². The fourth-order valence-electron chi connectivity index (χ4n) is 3.23. The molecule has 0 saturated carbocycles. The number of aromatic amines is 1. The highest BCUT2D eigenvalue weighted by atomic mass is 15.2. The first-order valence-electron chi connectivity index (χ1n) is 8.56. The van der Waals surface area contributed by atoms with Gasteiger partial charge in [-0.1, -0.05) is 24.3 Å². The van der Waals surface area contributed by atoms with Gasteiger partial charge < -0.3 is 4.90 Å². The zero-order valence-corrected chi connectivity index (χ0v) is 14.2. The van der Waals surface area contributed by atoms with Gasteiger partial charge in [0.15, 0.2) is 11.6 Å². The Labute approximate surface area is 142 Å². The van der Waals surface area contributed by atoms with Crippen molar-refractivity contribution in [3.05, 3.63) is 53.6 Å². The first-order valence-corrected chi connectivity index (χ1v) is 8.56. The fraction of sp³-hybridized carbons (Fsp3) is 0.300. The summed E-state index contributed by atoms with van der Waals surface area (Å²) in [7, 11) is 0. The van der Waals surface area contributed by atoms with Gasteiger partial charge in [0.25, 0.3) is 0 Å². The Bertz CT molecular complexity index is 860. The van der Waals surface area contributed by atoms with Gasteiger partial charge >= 0.3 is 0 Å². The maximum atomic E-state index is 4.70. The van der Waals surface area contributed by atoms with Crippen molar-refractivity contribution in [3.63, 3.8) is 0 Å². The van der Waals surface area contributed by atoms with Gasteiger partial charge in [0.05, 0.1) is 0 Å². The molecule has 0 unspecified atom stereocenters. The average molecular weight is 318 g/mol. The van der Waals surface area contributed by atoms with Gasteiger partial charge in [-0.25, -0.2) is 4.98 Å². The molecule has 0 spiro atoms. The number of anilines is 1. The summed E-state index contributed by atoms with van der Waals surface area (Å²) in [4.78, 5) is 7.14. The number of rotatable bonds is 3. The SMILES string of the molecule is Cc1ccc(-c2n[nH]c(-c3cccc(N4CCCC4)c3)n2)cc1C. The van der Waals surface area contributed by atoms with Crippen molar-refractivity contribution in [3.8, 4) is 22.8 Å². The predicted octanol–water partition coefficient (Wildman–Crippen LogP) is 4.36. The van der Waals surface area contributed by atoms with Gasteiger partial charge in [0.2, 0.25) is 0 Å². The Morgan fingerprint density at radius 2 is 1.75 bits per heavy atom. The van der Waals surface area contributed by atoms with Crippen molar-refractivity contribution in [1.29, 1.82) is 0 Å². The maximum absolute atomic E-state index is 4.70. The first-order chi connectivity index (χ1) is 11.7. The number of hydrogen-bond donors (Lipinski definition) is 1. The van der Waals surface area contributed by atoms with Gasteiger partial charge in [-0.15, -0.1) is 0 Å². The second kappa shape index (κ2) is 6.11. The molecule has 0 radical (unpaired) electrons. The van der Waals surface area contributed by atoms with E-state index in [4.69, 9.17) is 4.98 Å². The predicted molar refractivity (Wildman–Crippen MR) is 98.2 cm³/mol. The summed E-state index contributed by atoms with van der Waals surface area (Å²) in [5.41, 5.74) is 5.95. The van der Waals surface area contributed by atoms with Gasteiger partial charge in [-0.2, -0.15) is 5.10 Å². The lowest BCUT2D eigenvalue weighted by atomic mass is 10.1. The molecule has 1 aromatic heterocycles. The fourth-order valence-corrected chi connectivity index (χ4v) is 3.23. The Hall–Kier alpha value is -2.62. The molecule has 1 saturated heterocycles. The molecule has 1 aliphatic heterocycles. The van der Waals surface area contributed by atoms with Crippen molar-refractivity contribution in [2.45, 2.75) is 26.7 Å². The van der Waals surface area contributed by atoms with E-state index in [1.807, 2.05) is 0 Å². The van der Waals surface area contributed by atoms with Crippen LogP contribution < -0.4 is 4.90 Å². The van der Waals surface area contributed by atoms with Gasteiger partial charge in [-0.3, -0.25) is 5.10 Å². The minimum atomic E-state index is 0.750. The summed E-state index contributed by atoms with van der Waals surface area (Å²) in [6.07, 6.45) is 2.56. The smallest absolute Gasteiger partial charge is 0.181 e. The molecule has 122 valence electrons. The second-order valence-electron chi connectivity index (χ2n) is 6.55. The minimum absolute atomic E-state index is 0.750. The lowest BCUT2D eigenvalue weighted by Crippen LogP contribution is -2.17. The number of benzene rings is 2. The van der Waals surface area contributed by atoms with Crippen molar-refractivity contribution in [1.82, 2.24) is 15.2 Å². The molecule has 0 atom stereocenters. The summed E-state index contributed by atoms with van der Waals surface area (Å²) in [5.74, 6) is 1.57. The number of aromatic nitrogens is 3. The van der Waals surface area contributed by atoms with E-state index in [1.54, 1.807) is 0 Å². The topological polar surface area (TPSA) is 44.8 Å². The number of aryl methyl sites for hydroxylation is 2. The van der Waals surface area contributed by atoms with Gasteiger partial charge in [0, 0.05) is 29.9 Å². The highest BCUT2D eigenvalue weighted by Crippen LogP contribution is 2.26. The van der Waals surface area contributed by atoms with Crippen LogP contribution in [0, 0.1) is 13.8 Å². The van der Waals surface area contributed by atoms with E-state index in [-0.39, 0.29) is 0 Å². The number of nitrogens with zero attached hydrogens (tertiary/aromatic N) is 3. The van der Waals surface area contributed by atoms with E-state index in [2.05, 4.69) is 71.4 Å². The molecule has 0 aliphatic carbocycles. The molecule has 24 heavy (non-hydrogen) atoms. The number of H-pyrrole nitrogens is 1. The van der Waals surface area contributed by atoms with Crippen LogP contribution in [-0.4, -0.2) is 28.3 Å². The molecular formula is C20H22N4. The summed E-state index contributed by atoms with van der Waals surface area (Å²) < 4.78 is 0. The summed E-state index contributed by atoms with van der Waals surface area (Å²) in [6.45, 7) is 6.53. The van der Waals surface area contributed by atoms with E-state index in [0.717, 1.165) is 35.9 Å². The van der Waals surface area contributed by atoms with Crippen LogP contribution in [0.4, 0.5) is 5.69 Å². The van der Waals surface area contributed by atoms with Crippen LogP contribution in [0.25, 0.3) is 22.8 Å². The van der Waals surface area contributed by atoms with Gasteiger partial charge in [-0.05, 0) is 56.0 Å². The largest absolute Gasteiger partial charge is 0.372 e. The third-order valence-electron chi connectivity index (χ3n) is 4.84. The minimum Gasteiger partial charge on any atom is -0.372 e. The van der Waals surface area contributed by atoms with Crippen molar-refractivity contribution in [2.75, 3.05) is 18.0 Å². The Balaban J connectivity index is 1.64. The third-order valence-corrected chi connectivity index (χ3v) is 4.84. The average Bonchev–Trinajstić information content (AvgIpc) is 3.29. The monoisotopic (exact) mass is 318 g/mol. The van der Waals surface area contributed by atoms with Crippen molar-refractivity contribution >= 4 is 5.69 Å². The third kappa shape index (κ3) is 2.80. The highest BCUT2D eigenvalue weighted by Gasteiger charge is 2.14. The lowest BCUT2D eigenvalue weighted by molar-refractivity contribution is 0.949. The van der Waals surface area contributed by atoms with Crippen LogP contribution in [0.15, 0.2) is 42.5 Å². The zero-order valence-electron chi connectivity index (χ0n) is 14.2. The maximum Gasteiger partial charge on any atom is 0.181 e. The summed E-state index contributed by atoms with van der Waals surface area (Å²) in [6, 6.07) is 14.9. The molecule has 1 aliphatic rings. The van der Waals surface area contributed by atoms with E-state index >= 15 is 0 Å². The normalized spacial score (nSPS) is 14.3. The van der Waals surface area contributed by atoms with E-state index < -0.39 is 0 Å². The molecule has 1 fully saturated rings. The van der Waals surface area contributed by atoms with Crippen molar-refractivity contribution < 1.29 is 0 Å². The number of hydrogen-bond acceptors (Lipinski definition) is 3. The second-order valence-corrected chi connectivity index (χ2v) is 6.55. The molecule has 1 N–H and O–H groups in total. The summed E-state index contributed by atoms with van der Waals surface area (Å²) >= 11 is 0. The molecule has 0 amide bonds. The molecule has 4 heteroatoms. The molecule has 3 aromatic rings. The molecular weight excluding hydrogens is 296 g/mol. The standard InChI is InChI=1S/C20H22N4/c1-14-8-9-17(12-15(14)2)20-21-19(22-23-20)16-6-5-7-18(13-16)24-10-3-4-11-24/h5-9,12-13H,3-4,10-11H2,1-2H3,(H,21,22,23). The number of nitrogens with one attached hydrogen (secondary N) is 1. The van der Waals surface area contributed by atoms with E-state index in [9.17, 15) is 0 Å². The molecule has 2 heterocycles. The van der Waals surface area contributed by atoms with Gasteiger partial charge in [0.1, 0.15) is 0 Å². The Morgan fingerprint density at radius 1 is 0.917 bits per heavy atom. The Kier molecular flexibility index (Phi) is 3.81. The van der Waals surface area contributed by atoms with Crippen LogP contribution in [0.2, 0.25) is 0 Å². The zero-order chi connectivity index (χ0) is 16.5. The molecule has 4 nitrogen and oxygen atoms in total. The highest BCUT2D eigenvalue weighted by molar-refractivity contribution is 5.66. The van der Waals surface area contributed by atoms with Crippen LogP contribution in [0.3, 0.4) is 0 Å². The first kappa shape index (κ1) is 14.9. The van der Waals surface area contributed by atoms with Crippen molar-refractivity contribution in [2.24, 2.45) is 0 Å². The van der Waals surface area contributed by atoms with Crippen LogP contribution in [0.5, 0.6) is 0 Å². The van der Waals surface area contributed by atoms with Crippen LogP contribution >= 0.6 is 0 Å². The van der Waals surface area contributed by atoms with Crippen LogP contribution in [-0.2, 0) is 0 Å². The molecule has 0 bridgehead atoms. The Morgan fingerprint density at radius 3 is 2.54 bits per heavy atom.